The Bertz CT molecular complexity index is 1300. The molecule has 14 heteroatoms. The molecule has 3 heterocycles. The number of hydrogen-bond acceptors (Lipinski definition) is 12. The lowest BCUT2D eigenvalue weighted by atomic mass is 10.1. The number of imide groups is 2. The van der Waals surface area contributed by atoms with Crippen molar-refractivity contribution in [2.24, 2.45) is 5.10 Å². The summed E-state index contributed by atoms with van der Waals surface area (Å²) in [6.07, 6.45) is 2.13. The second-order valence-electron chi connectivity index (χ2n) is 8.26. The number of carbonyl (C=O) groups excluding carboxylic acids is 7. The molecule has 39 heavy (non-hydrogen) atoms. The third kappa shape index (κ3) is 7.61. The van der Waals surface area contributed by atoms with Crippen LogP contribution in [-0.2, 0) is 28.9 Å². The minimum Gasteiger partial charge on any atom is -0.325 e. The highest BCUT2D eigenvalue weighted by Crippen LogP contribution is 2.16. The Labute approximate surface area is 221 Å². The number of benzene rings is 1. The van der Waals surface area contributed by atoms with E-state index in [9.17, 15) is 33.6 Å². The summed E-state index contributed by atoms with van der Waals surface area (Å²) in [5.74, 6) is -3.26. The standard InChI is InChI=1S/C13H14N4O4.C12H9NO5/c1-8(2)15-16-10-4-3-9(7-14-10)13(20)21-17-11(18)5-6-12(17)19;14-7-8-1-3-9(4-2-8)12(17)18-13-10(15)5-6-11(13)16/h3-4,7H,5-6H2,1-2H3,(H,14,16);1-4,7H,5-6H2. The number of hydrazone groups is 1. The Morgan fingerprint density at radius 2 is 1.26 bits per heavy atom. The zero-order valence-electron chi connectivity index (χ0n) is 20.9. The van der Waals surface area contributed by atoms with E-state index in [-0.39, 0.29) is 36.8 Å². The molecule has 2 fully saturated rings. The van der Waals surface area contributed by atoms with Crippen LogP contribution in [0.3, 0.4) is 0 Å². The van der Waals surface area contributed by atoms with Gasteiger partial charge in [-0.15, -0.1) is 10.1 Å². The summed E-state index contributed by atoms with van der Waals surface area (Å²) in [6, 6.07) is 8.66. The number of aldehydes is 1. The van der Waals surface area contributed by atoms with E-state index in [0.717, 1.165) is 5.71 Å². The van der Waals surface area contributed by atoms with Crippen molar-refractivity contribution in [3.63, 3.8) is 0 Å². The summed E-state index contributed by atoms with van der Waals surface area (Å²) in [5, 5.41) is 4.94. The van der Waals surface area contributed by atoms with Crippen LogP contribution in [-0.4, -0.2) is 62.7 Å². The molecule has 1 aromatic carbocycles. The number of amides is 4. The van der Waals surface area contributed by atoms with Crippen LogP contribution < -0.4 is 5.43 Å². The molecule has 4 rings (SSSR count). The number of hydrogen-bond donors (Lipinski definition) is 1. The second kappa shape index (κ2) is 12.8. The number of nitrogens with one attached hydrogen (secondary N) is 1. The first-order valence-corrected chi connectivity index (χ1v) is 11.5. The molecular weight excluding hydrogens is 514 g/mol. The minimum atomic E-state index is -0.812. The fourth-order valence-corrected chi connectivity index (χ4v) is 3.03. The van der Waals surface area contributed by atoms with Crippen molar-refractivity contribution in [2.75, 3.05) is 5.43 Å². The molecule has 0 unspecified atom stereocenters. The molecule has 202 valence electrons. The molecule has 0 atom stereocenters. The van der Waals surface area contributed by atoms with E-state index in [1.807, 2.05) is 13.8 Å². The Kier molecular flexibility index (Phi) is 9.29. The van der Waals surface area contributed by atoms with E-state index >= 15 is 0 Å². The predicted molar refractivity (Wildman–Crippen MR) is 131 cm³/mol. The molecule has 2 saturated heterocycles. The van der Waals surface area contributed by atoms with Crippen LogP contribution in [0.25, 0.3) is 0 Å². The molecule has 1 N–H and O–H groups in total. The van der Waals surface area contributed by atoms with Gasteiger partial charge in [0.1, 0.15) is 12.1 Å². The Hall–Kier alpha value is -5.27. The first-order valence-electron chi connectivity index (χ1n) is 11.5. The second-order valence-corrected chi connectivity index (χ2v) is 8.26. The summed E-state index contributed by atoms with van der Waals surface area (Å²) < 4.78 is 0. The van der Waals surface area contributed by atoms with Crippen molar-refractivity contribution in [3.8, 4) is 0 Å². The zero-order chi connectivity index (χ0) is 28.5. The number of carbonyl (C=O) groups is 7. The van der Waals surface area contributed by atoms with Crippen LogP contribution >= 0.6 is 0 Å². The molecular formula is C25H23N5O9. The van der Waals surface area contributed by atoms with E-state index in [2.05, 4.69) is 15.5 Å². The molecule has 1 aromatic heterocycles. The van der Waals surface area contributed by atoms with Gasteiger partial charge in [-0.3, -0.25) is 29.4 Å². The fourth-order valence-electron chi connectivity index (χ4n) is 3.03. The summed E-state index contributed by atoms with van der Waals surface area (Å²) >= 11 is 0. The zero-order valence-corrected chi connectivity index (χ0v) is 20.9. The van der Waals surface area contributed by atoms with Crippen molar-refractivity contribution in [2.45, 2.75) is 39.5 Å². The van der Waals surface area contributed by atoms with Crippen molar-refractivity contribution in [1.29, 1.82) is 0 Å². The molecule has 0 spiro atoms. The molecule has 4 amide bonds. The lowest BCUT2D eigenvalue weighted by Crippen LogP contribution is -2.32. The molecule has 14 nitrogen and oxygen atoms in total. The lowest BCUT2D eigenvalue weighted by molar-refractivity contribution is -0.173. The summed E-state index contributed by atoms with van der Waals surface area (Å²) in [7, 11) is 0. The average molecular weight is 537 g/mol. The fraction of sp³-hybridized carbons (Fsp3) is 0.240. The maximum atomic E-state index is 11.8. The van der Waals surface area contributed by atoms with Gasteiger partial charge in [-0.25, -0.2) is 14.6 Å². The molecule has 2 aliphatic heterocycles. The van der Waals surface area contributed by atoms with Crippen LogP contribution in [0.5, 0.6) is 0 Å². The average Bonchev–Trinajstić information content (AvgIpc) is 3.42. The lowest BCUT2D eigenvalue weighted by Gasteiger charge is -2.12. The summed E-state index contributed by atoms with van der Waals surface area (Å²) in [5.41, 5.74) is 4.24. The highest BCUT2D eigenvalue weighted by molar-refractivity contribution is 6.03. The number of hydroxylamine groups is 4. The van der Waals surface area contributed by atoms with Crippen LogP contribution in [0.4, 0.5) is 5.82 Å². The van der Waals surface area contributed by atoms with Gasteiger partial charge < -0.3 is 9.68 Å². The van der Waals surface area contributed by atoms with Gasteiger partial charge in [0.2, 0.25) is 0 Å². The highest BCUT2D eigenvalue weighted by Gasteiger charge is 2.34. The van der Waals surface area contributed by atoms with Crippen LogP contribution in [0.15, 0.2) is 47.7 Å². The number of rotatable bonds is 7. The van der Waals surface area contributed by atoms with Gasteiger partial charge in [0.25, 0.3) is 23.6 Å². The topological polar surface area (TPSA) is 182 Å². The number of nitrogens with zero attached hydrogens (tertiary/aromatic N) is 4. The molecule has 0 bridgehead atoms. The van der Waals surface area contributed by atoms with Crippen molar-refractivity contribution >= 4 is 53.4 Å². The predicted octanol–water partition coefficient (Wildman–Crippen LogP) is 1.83. The maximum absolute atomic E-state index is 11.8. The van der Waals surface area contributed by atoms with Gasteiger partial charge in [0, 0.05) is 43.2 Å². The molecule has 0 radical (unpaired) electrons. The minimum absolute atomic E-state index is 0.0518. The summed E-state index contributed by atoms with van der Waals surface area (Å²) in [6.45, 7) is 3.64. The third-order valence-corrected chi connectivity index (χ3v) is 5.04. The molecule has 0 saturated carbocycles. The molecule has 2 aromatic rings. The van der Waals surface area contributed by atoms with Gasteiger partial charge in [0.15, 0.2) is 0 Å². The van der Waals surface area contributed by atoms with Crippen LogP contribution in [0.2, 0.25) is 0 Å². The largest absolute Gasteiger partial charge is 0.365 e. The third-order valence-electron chi connectivity index (χ3n) is 5.04. The van der Waals surface area contributed by atoms with Gasteiger partial charge >= 0.3 is 11.9 Å². The van der Waals surface area contributed by atoms with E-state index < -0.39 is 35.6 Å². The van der Waals surface area contributed by atoms with Crippen LogP contribution in [0, 0.1) is 0 Å². The van der Waals surface area contributed by atoms with Gasteiger partial charge in [0.05, 0.1) is 11.1 Å². The highest BCUT2D eigenvalue weighted by atomic mass is 16.7. The smallest absolute Gasteiger partial charge is 0.325 e. The summed E-state index contributed by atoms with van der Waals surface area (Å²) in [4.78, 5) is 92.5. The van der Waals surface area contributed by atoms with E-state index in [4.69, 9.17) is 9.68 Å². The molecule has 2 aliphatic rings. The quantitative estimate of drug-likeness (QED) is 0.235. The maximum Gasteiger partial charge on any atom is 0.365 e. The number of pyridine rings is 1. The Balaban J connectivity index is 0.000000218. The normalized spacial score (nSPS) is 14.4. The first kappa shape index (κ1) is 28.3. The van der Waals surface area contributed by atoms with E-state index in [0.29, 0.717) is 27.8 Å². The van der Waals surface area contributed by atoms with Gasteiger partial charge in [-0.2, -0.15) is 5.10 Å². The van der Waals surface area contributed by atoms with E-state index in [1.165, 1.54) is 42.6 Å². The number of anilines is 1. The van der Waals surface area contributed by atoms with Crippen molar-refractivity contribution < 1.29 is 43.2 Å². The monoisotopic (exact) mass is 537 g/mol. The van der Waals surface area contributed by atoms with Gasteiger partial charge in [-0.05, 0) is 38.1 Å². The Morgan fingerprint density at radius 3 is 1.67 bits per heavy atom. The van der Waals surface area contributed by atoms with Gasteiger partial charge in [-0.1, -0.05) is 12.1 Å². The van der Waals surface area contributed by atoms with Crippen molar-refractivity contribution in [3.05, 3.63) is 59.3 Å². The SMILES string of the molecule is CC(C)=NNc1ccc(C(=O)ON2C(=O)CCC2=O)cn1.O=Cc1ccc(C(=O)ON2C(=O)CCC2=O)cc1. The van der Waals surface area contributed by atoms with E-state index in [1.54, 1.807) is 0 Å². The Morgan fingerprint density at radius 1 is 0.795 bits per heavy atom. The number of aromatic nitrogens is 1. The van der Waals surface area contributed by atoms with Crippen LogP contribution in [0.1, 0.15) is 70.6 Å². The first-order chi connectivity index (χ1) is 18.6. The molecule has 0 aliphatic carbocycles. The van der Waals surface area contributed by atoms with Crippen molar-refractivity contribution in [1.82, 2.24) is 15.1 Å².